The fourth-order valence-corrected chi connectivity index (χ4v) is 3.93. The van der Waals surface area contributed by atoms with Crippen LogP contribution in [0, 0.1) is 5.41 Å². The first-order chi connectivity index (χ1) is 13.0. The van der Waals surface area contributed by atoms with E-state index in [9.17, 15) is 5.02 Å². The molecule has 0 amide bonds. The molecule has 0 aliphatic heterocycles. The molecule has 3 rings (SSSR count). The van der Waals surface area contributed by atoms with Gasteiger partial charge in [0.15, 0.2) is 0 Å². The number of rotatable bonds is 7. The molecule has 1 aliphatic rings. The highest BCUT2D eigenvalue weighted by atomic mass is 16.5. The van der Waals surface area contributed by atoms with Crippen LogP contribution in [0.1, 0.15) is 42.5 Å². The van der Waals surface area contributed by atoms with Gasteiger partial charge >= 0.3 is 7.05 Å². The molecule has 0 fully saturated rings. The molecular formula is C22H29BN2O2. The van der Waals surface area contributed by atoms with Crippen LogP contribution in [-0.4, -0.2) is 35.2 Å². The van der Waals surface area contributed by atoms with E-state index < -0.39 is 7.05 Å². The number of ether oxygens (including phenoxy) is 1. The van der Waals surface area contributed by atoms with Crippen molar-refractivity contribution in [2.75, 3.05) is 6.54 Å². The minimum Gasteiger partial charge on any atom is -0.489 e. The van der Waals surface area contributed by atoms with Gasteiger partial charge < -0.3 is 20.0 Å². The maximum atomic E-state index is 9.98. The van der Waals surface area contributed by atoms with Crippen LogP contribution in [0.3, 0.4) is 0 Å². The summed E-state index contributed by atoms with van der Waals surface area (Å²) >= 11 is 0. The van der Waals surface area contributed by atoms with Crippen molar-refractivity contribution in [3.63, 3.8) is 0 Å². The minimum atomic E-state index is -0.396. The van der Waals surface area contributed by atoms with Crippen molar-refractivity contribution >= 4 is 12.8 Å². The molecule has 2 aromatic carbocycles. The van der Waals surface area contributed by atoms with Crippen LogP contribution in [0.25, 0.3) is 0 Å². The first-order valence-corrected chi connectivity index (χ1v) is 9.80. The van der Waals surface area contributed by atoms with Crippen molar-refractivity contribution in [1.82, 2.24) is 4.81 Å². The first-order valence-electron chi connectivity index (χ1n) is 9.80. The average Bonchev–Trinajstić information content (AvgIpc) is 2.66. The molecule has 0 radical (unpaired) electrons. The van der Waals surface area contributed by atoms with E-state index in [1.54, 1.807) is 6.92 Å². The Labute approximate surface area is 162 Å². The maximum Gasteiger partial charge on any atom is 0.376 e. The lowest BCUT2D eigenvalue weighted by molar-refractivity contribution is 0.270. The second kappa shape index (κ2) is 8.72. The largest absolute Gasteiger partial charge is 0.489 e. The Morgan fingerprint density at radius 2 is 1.96 bits per heavy atom. The van der Waals surface area contributed by atoms with E-state index in [1.807, 2.05) is 31.1 Å². The van der Waals surface area contributed by atoms with Crippen molar-refractivity contribution in [2.24, 2.45) is 0 Å². The summed E-state index contributed by atoms with van der Waals surface area (Å²) < 4.78 is 5.99. The summed E-state index contributed by atoms with van der Waals surface area (Å²) in [4.78, 5) is 2.17. The number of likely N-dealkylation sites (N-methyl/N-ethyl adjacent to an activating group) is 1. The Kier molecular flexibility index (Phi) is 6.35. The van der Waals surface area contributed by atoms with Gasteiger partial charge in [-0.15, -0.1) is 0 Å². The summed E-state index contributed by atoms with van der Waals surface area (Å²) in [6.45, 7) is 7.16. The van der Waals surface area contributed by atoms with Crippen LogP contribution in [0.5, 0.6) is 5.75 Å². The summed E-state index contributed by atoms with van der Waals surface area (Å²) in [5, 5.41) is 17.6. The van der Waals surface area contributed by atoms with Gasteiger partial charge in [0.25, 0.3) is 0 Å². The lowest BCUT2D eigenvalue weighted by Gasteiger charge is -2.35. The highest BCUT2D eigenvalue weighted by Crippen LogP contribution is 2.28. The van der Waals surface area contributed by atoms with Gasteiger partial charge in [-0.2, -0.15) is 0 Å². The van der Waals surface area contributed by atoms with Gasteiger partial charge in [0.2, 0.25) is 0 Å². The highest BCUT2D eigenvalue weighted by molar-refractivity contribution is 6.45. The van der Waals surface area contributed by atoms with Crippen molar-refractivity contribution in [1.29, 1.82) is 5.41 Å². The van der Waals surface area contributed by atoms with Crippen LogP contribution >= 0.6 is 0 Å². The zero-order valence-electron chi connectivity index (χ0n) is 16.5. The molecule has 0 saturated carbocycles. The molecular weight excluding hydrogens is 335 g/mol. The van der Waals surface area contributed by atoms with E-state index in [-0.39, 0.29) is 0 Å². The molecule has 2 aromatic rings. The topological polar surface area (TPSA) is 56.6 Å². The minimum absolute atomic E-state index is 0.396. The van der Waals surface area contributed by atoms with Crippen LogP contribution in [0.2, 0.25) is 6.82 Å². The van der Waals surface area contributed by atoms with Crippen LogP contribution < -0.4 is 4.74 Å². The Morgan fingerprint density at radius 1 is 1.22 bits per heavy atom. The van der Waals surface area contributed by atoms with Gasteiger partial charge in [-0.25, -0.2) is 0 Å². The van der Waals surface area contributed by atoms with E-state index in [2.05, 4.69) is 29.9 Å². The summed E-state index contributed by atoms with van der Waals surface area (Å²) in [5.41, 5.74) is 5.35. The first kappa shape index (κ1) is 19.7. The molecule has 2 N–H and O–H groups in total. The summed E-state index contributed by atoms with van der Waals surface area (Å²) in [6.07, 6.45) is 3.08. The molecule has 0 bridgehead atoms. The molecule has 0 heterocycles. The van der Waals surface area contributed by atoms with Crippen LogP contribution in [-0.2, 0) is 19.4 Å². The molecule has 4 nitrogen and oxygen atoms in total. The normalized spacial score (nSPS) is 16.1. The average molecular weight is 364 g/mol. The molecule has 0 spiro atoms. The monoisotopic (exact) mass is 364 g/mol. The number of aryl methyl sites for hydroxylation is 1. The molecule has 27 heavy (non-hydrogen) atoms. The Hall–Kier alpha value is -2.11. The van der Waals surface area contributed by atoms with Gasteiger partial charge in [0.1, 0.15) is 12.4 Å². The third kappa shape index (κ3) is 4.79. The number of nitrogens with zero attached hydrogens (tertiary/aromatic N) is 1. The predicted octanol–water partition coefficient (Wildman–Crippen LogP) is 3.94. The molecule has 1 unspecified atom stereocenters. The third-order valence-corrected chi connectivity index (χ3v) is 5.49. The zero-order valence-corrected chi connectivity index (χ0v) is 16.5. The van der Waals surface area contributed by atoms with Crippen molar-refractivity contribution in [3.05, 3.63) is 64.7 Å². The highest BCUT2D eigenvalue weighted by Gasteiger charge is 2.27. The Morgan fingerprint density at radius 3 is 2.59 bits per heavy atom. The lowest BCUT2D eigenvalue weighted by Crippen LogP contribution is -2.47. The fraction of sp³-hybridized carbons (Fsp3) is 0.409. The van der Waals surface area contributed by atoms with Crippen LogP contribution in [0.4, 0.5) is 0 Å². The van der Waals surface area contributed by atoms with Gasteiger partial charge in [-0.1, -0.05) is 37.3 Å². The second-order valence-electron chi connectivity index (χ2n) is 7.40. The molecule has 5 heteroatoms. The Balaban J connectivity index is 1.62. The van der Waals surface area contributed by atoms with Crippen LogP contribution in [0.15, 0.2) is 42.5 Å². The van der Waals surface area contributed by atoms with E-state index in [0.29, 0.717) is 18.4 Å². The number of hydrogen-bond acceptors (Lipinski definition) is 4. The van der Waals surface area contributed by atoms with Crippen molar-refractivity contribution < 1.29 is 9.76 Å². The van der Waals surface area contributed by atoms with Gasteiger partial charge in [0, 0.05) is 11.8 Å². The molecule has 142 valence electrons. The summed E-state index contributed by atoms with van der Waals surface area (Å²) in [6, 6.07) is 14.8. The molecule has 0 aromatic heterocycles. The third-order valence-electron chi connectivity index (χ3n) is 5.49. The van der Waals surface area contributed by atoms with E-state index in [0.717, 1.165) is 42.7 Å². The molecule has 1 aliphatic carbocycles. The number of nitrogens with one attached hydrogen (secondary N) is 1. The smallest absolute Gasteiger partial charge is 0.376 e. The summed E-state index contributed by atoms with van der Waals surface area (Å²) in [7, 11) is -0.396. The van der Waals surface area contributed by atoms with Gasteiger partial charge in [-0.05, 0) is 73.9 Å². The van der Waals surface area contributed by atoms with Gasteiger partial charge in [-0.3, -0.25) is 0 Å². The van der Waals surface area contributed by atoms with E-state index >= 15 is 0 Å². The SMILES string of the molecule is CCN(B(C)O)C1CCc2cc(OCc3ccc(C(C)=N)cc3)ccc2C1. The van der Waals surface area contributed by atoms with Crippen molar-refractivity contribution in [3.8, 4) is 5.75 Å². The van der Waals surface area contributed by atoms with Gasteiger partial charge in [0.05, 0.1) is 0 Å². The number of benzene rings is 2. The fourth-order valence-electron chi connectivity index (χ4n) is 3.93. The quantitative estimate of drug-likeness (QED) is 0.578. The maximum absolute atomic E-state index is 9.98. The lowest BCUT2D eigenvalue weighted by atomic mass is 9.78. The molecule has 1 atom stereocenters. The predicted molar refractivity (Wildman–Crippen MR) is 112 cm³/mol. The summed E-state index contributed by atoms with van der Waals surface area (Å²) in [5.74, 6) is 0.905. The Bertz CT molecular complexity index is 789. The number of fused-ring (bicyclic) bond motifs is 1. The van der Waals surface area contributed by atoms with Crippen molar-refractivity contribution in [2.45, 2.75) is 52.6 Å². The standard InChI is InChI=1S/C22H29BN2O2/c1-4-25(23(3)26)21-11-9-20-14-22(12-10-19(20)13-21)27-15-17-5-7-18(8-6-17)16(2)24/h5-8,10,12,14,21,24,26H,4,9,11,13,15H2,1-3H3. The van der Waals surface area contributed by atoms with E-state index in [4.69, 9.17) is 10.1 Å². The second-order valence-corrected chi connectivity index (χ2v) is 7.40. The zero-order chi connectivity index (χ0) is 19.4. The van der Waals surface area contributed by atoms with E-state index in [1.165, 1.54) is 11.1 Å². The number of hydrogen-bond donors (Lipinski definition) is 2. The molecule has 0 saturated heterocycles.